The summed E-state index contributed by atoms with van der Waals surface area (Å²) in [7, 11) is 0. The van der Waals surface area contributed by atoms with Crippen LogP contribution in [0.15, 0.2) is 36.9 Å². The molecule has 0 amide bonds. The second-order valence-electron chi connectivity index (χ2n) is 4.06. The summed E-state index contributed by atoms with van der Waals surface area (Å²) >= 11 is 0. The van der Waals surface area contributed by atoms with Crippen LogP contribution in [-0.2, 0) is 5.60 Å². The SMILES string of the molecule is C=CCCC(C)(O)c1cccc(OCC)c1. The smallest absolute Gasteiger partial charge is 0.119 e. The molecule has 0 aromatic heterocycles. The lowest BCUT2D eigenvalue weighted by Crippen LogP contribution is -2.20. The molecule has 0 spiro atoms. The number of rotatable bonds is 6. The zero-order chi connectivity index (χ0) is 12.0. The van der Waals surface area contributed by atoms with Crippen LogP contribution in [0.3, 0.4) is 0 Å². The molecule has 0 aliphatic carbocycles. The van der Waals surface area contributed by atoms with Crippen LogP contribution in [0, 0.1) is 0 Å². The normalized spacial score (nSPS) is 14.2. The van der Waals surface area contributed by atoms with E-state index < -0.39 is 5.60 Å². The molecule has 0 fully saturated rings. The molecule has 16 heavy (non-hydrogen) atoms. The first-order valence-electron chi connectivity index (χ1n) is 5.66. The molecule has 2 heteroatoms. The molecule has 2 nitrogen and oxygen atoms in total. The minimum atomic E-state index is -0.818. The molecule has 0 radical (unpaired) electrons. The molecule has 0 aliphatic heterocycles. The molecule has 1 unspecified atom stereocenters. The maximum Gasteiger partial charge on any atom is 0.119 e. The molecular weight excluding hydrogens is 200 g/mol. The van der Waals surface area contributed by atoms with E-state index in [1.807, 2.05) is 44.2 Å². The lowest BCUT2D eigenvalue weighted by atomic mass is 9.91. The lowest BCUT2D eigenvalue weighted by molar-refractivity contribution is 0.0485. The van der Waals surface area contributed by atoms with Gasteiger partial charge < -0.3 is 9.84 Å². The summed E-state index contributed by atoms with van der Waals surface area (Å²) in [5, 5.41) is 10.3. The van der Waals surface area contributed by atoms with Crippen molar-refractivity contribution < 1.29 is 9.84 Å². The maximum absolute atomic E-state index is 10.3. The molecule has 1 rings (SSSR count). The topological polar surface area (TPSA) is 29.5 Å². The van der Waals surface area contributed by atoms with Crippen molar-refractivity contribution in [2.45, 2.75) is 32.3 Å². The van der Waals surface area contributed by atoms with Gasteiger partial charge in [0.25, 0.3) is 0 Å². The summed E-state index contributed by atoms with van der Waals surface area (Å²) in [4.78, 5) is 0. The Labute approximate surface area is 97.6 Å². The fraction of sp³-hybridized carbons (Fsp3) is 0.429. The van der Waals surface area contributed by atoms with E-state index in [4.69, 9.17) is 4.74 Å². The highest BCUT2D eigenvalue weighted by atomic mass is 16.5. The van der Waals surface area contributed by atoms with Crippen molar-refractivity contribution in [3.8, 4) is 5.75 Å². The quantitative estimate of drug-likeness (QED) is 0.746. The first-order chi connectivity index (χ1) is 7.60. The van der Waals surface area contributed by atoms with Gasteiger partial charge in [0.2, 0.25) is 0 Å². The number of aliphatic hydroxyl groups is 1. The highest BCUT2D eigenvalue weighted by molar-refractivity contribution is 5.32. The van der Waals surface area contributed by atoms with Gasteiger partial charge in [-0.2, -0.15) is 0 Å². The monoisotopic (exact) mass is 220 g/mol. The van der Waals surface area contributed by atoms with E-state index >= 15 is 0 Å². The molecular formula is C14H20O2. The Bertz CT molecular complexity index is 342. The third-order valence-corrected chi connectivity index (χ3v) is 2.60. The predicted molar refractivity (Wildman–Crippen MR) is 66.6 cm³/mol. The van der Waals surface area contributed by atoms with Crippen LogP contribution < -0.4 is 4.74 Å². The summed E-state index contributed by atoms with van der Waals surface area (Å²) in [6.45, 7) is 8.07. The number of benzene rings is 1. The van der Waals surface area contributed by atoms with Crippen LogP contribution in [0.25, 0.3) is 0 Å². The van der Waals surface area contributed by atoms with Gasteiger partial charge in [-0.1, -0.05) is 18.2 Å². The van der Waals surface area contributed by atoms with Crippen LogP contribution in [-0.4, -0.2) is 11.7 Å². The zero-order valence-electron chi connectivity index (χ0n) is 10.1. The number of allylic oxidation sites excluding steroid dienone is 1. The average Bonchev–Trinajstić information content (AvgIpc) is 2.27. The van der Waals surface area contributed by atoms with Gasteiger partial charge in [0.1, 0.15) is 5.75 Å². The van der Waals surface area contributed by atoms with Crippen LogP contribution in [0.5, 0.6) is 5.75 Å². The molecule has 88 valence electrons. The Morgan fingerprint density at radius 2 is 2.25 bits per heavy atom. The van der Waals surface area contributed by atoms with Gasteiger partial charge in [0.15, 0.2) is 0 Å². The van der Waals surface area contributed by atoms with Crippen LogP contribution in [0.4, 0.5) is 0 Å². The van der Waals surface area contributed by atoms with E-state index in [-0.39, 0.29) is 0 Å². The van der Waals surface area contributed by atoms with Gasteiger partial charge in [-0.25, -0.2) is 0 Å². The summed E-state index contributed by atoms with van der Waals surface area (Å²) in [5.41, 5.74) is 0.0710. The summed E-state index contributed by atoms with van der Waals surface area (Å²) in [5.74, 6) is 0.805. The van der Waals surface area contributed by atoms with E-state index in [1.165, 1.54) is 0 Å². The fourth-order valence-corrected chi connectivity index (χ4v) is 1.62. The molecule has 1 atom stereocenters. The van der Waals surface area contributed by atoms with Gasteiger partial charge in [0.05, 0.1) is 12.2 Å². The van der Waals surface area contributed by atoms with E-state index in [0.717, 1.165) is 17.7 Å². The number of hydrogen-bond donors (Lipinski definition) is 1. The van der Waals surface area contributed by atoms with Crippen LogP contribution >= 0.6 is 0 Å². The minimum absolute atomic E-state index is 0.637. The Kier molecular flexibility index (Phi) is 4.56. The molecule has 1 aromatic rings. The van der Waals surface area contributed by atoms with Gasteiger partial charge in [0, 0.05) is 0 Å². The Morgan fingerprint density at radius 3 is 2.88 bits per heavy atom. The second-order valence-corrected chi connectivity index (χ2v) is 4.06. The highest BCUT2D eigenvalue weighted by Gasteiger charge is 2.22. The summed E-state index contributed by atoms with van der Waals surface area (Å²) in [6.07, 6.45) is 3.29. The zero-order valence-corrected chi connectivity index (χ0v) is 10.1. The van der Waals surface area contributed by atoms with E-state index in [0.29, 0.717) is 13.0 Å². The summed E-state index contributed by atoms with van der Waals surface area (Å²) in [6, 6.07) is 7.62. The molecule has 1 N–H and O–H groups in total. The minimum Gasteiger partial charge on any atom is -0.494 e. The fourth-order valence-electron chi connectivity index (χ4n) is 1.62. The maximum atomic E-state index is 10.3. The largest absolute Gasteiger partial charge is 0.494 e. The van der Waals surface area contributed by atoms with Crippen LogP contribution in [0.1, 0.15) is 32.3 Å². The molecule has 0 saturated heterocycles. The average molecular weight is 220 g/mol. The lowest BCUT2D eigenvalue weighted by Gasteiger charge is -2.23. The van der Waals surface area contributed by atoms with Crippen molar-refractivity contribution in [3.63, 3.8) is 0 Å². The predicted octanol–water partition coefficient (Wildman–Crippen LogP) is 3.26. The standard InChI is InChI=1S/C14H20O2/c1-4-6-10-14(3,15)12-8-7-9-13(11-12)16-5-2/h4,7-9,11,15H,1,5-6,10H2,2-3H3. The molecule has 0 heterocycles. The van der Waals surface area contributed by atoms with Crippen molar-refractivity contribution in [1.29, 1.82) is 0 Å². The Balaban J connectivity index is 2.84. The van der Waals surface area contributed by atoms with Crippen molar-refractivity contribution in [2.75, 3.05) is 6.61 Å². The Morgan fingerprint density at radius 1 is 1.50 bits per heavy atom. The first-order valence-corrected chi connectivity index (χ1v) is 5.66. The van der Waals surface area contributed by atoms with Gasteiger partial charge >= 0.3 is 0 Å². The van der Waals surface area contributed by atoms with Gasteiger partial charge in [-0.3, -0.25) is 0 Å². The van der Waals surface area contributed by atoms with Gasteiger partial charge in [-0.15, -0.1) is 6.58 Å². The van der Waals surface area contributed by atoms with E-state index in [9.17, 15) is 5.11 Å². The van der Waals surface area contributed by atoms with E-state index in [1.54, 1.807) is 0 Å². The molecule has 1 aromatic carbocycles. The van der Waals surface area contributed by atoms with Crippen molar-refractivity contribution in [3.05, 3.63) is 42.5 Å². The third kappa shape index (κ3) is 3.38. The highest BCUT2D eigenvalue weighted by Crippen LogP contribution is 2.28. The van der Waals surface area contributed by atoms with Gasteiger partial charge in [-0.05, 0) is 44.4 Å². The molecule has 0 saturated carbocycles. The molecule has 0 bridgehead atoms. The Hall–Kier alpha value is -1.28. The van der Waals surface area contributed by atoms with Crippen molar-refractivity contribution in [2.24, 2.45) is 0 Å². The van der Waals surface area contributed by atoms with E-state index in [2.05, 4.69) is 6.58 Å². The van der Waals surface area contributed by atoms with Crippen molar-refractivity contribution in [1.82, 2.24) is 0 Å². The molecule has 0 aliphatic rings. The summed E-state index contributed by atoms with van der Waals surface area (Å²) < 4.78 is 5.41. The number of ether oxygens (including phenoxy) is 1. The number of hydrogen-bond acceptors (Lipinski definition) is 2. The van der Waals surface area contributed by atoms with Crippen LogP contribution in [0.2, 0.25) is 0 Å². The second kappa shape index (κ2) is 5.71. The van der Waals surface area contributed by atoms with Crippen molar-refractivity contribution >= 4 is 0 Å². The first kappa shape index (κ1) is 12.8. The third-order valence-electron chi connectivity index (χ3n) is 2.60.